The first kappa shape index (κ1) is 9.94. The molecule has 0 aromatic carbocycles. The summed E-state index contributed by atoms with van der Waals surface area (Å²) in [6.07, 6.45) is -1.19. The quantitative estimate of drug-likeness (QED) is 0.466. The normalized spacial score (nSPS) is 20.0. The Balaban J connectivity index is 2.62. The Bertz CT molecular complexity index is 199. The average molecular weight is 188 g/mol. The SMILES string of the molecule is O=C([O-])CC1(CC(=O)[O-])OCCO1. The van der Waals surface area contributed by atoms with Crippen LogP contribution in [0.4, 0.5) is 0 Å². The van der Waals surface area contributed by atoms with E-state index in [2.05, 4.69) is 0 Å². The topological polar surface area (TPSA) is 98.7 Å². The summed E-state index contributed by atoms with van der Waals surface area (Å²) in [5.41, 5.74) is 0. The lowest BCUT2D eigenvalue weighted by molar-refractivity contribution is -0.324. The van der Waals surface area contributed by atoms with Crippen LogP contribution in [-0.4, -0.2) is 30.9 Å². The van der Waals surface area contributed by atoms with Crippen LogP contribution >= 0.6 is 0 Å². The number of carboxylic acid groups (broad SMARTS) is 2. The van der Waals surface area contributed by atoms with Crippen LogP contribution in [0.5, 0.6) is 0 Å². The van der Waals surface area contributed by atoms with Gasteiger partial charge in [-0.05, 0) is 0 Å². The molecular formula is C7H8O6-2. The van der Waals surface area contributed by atoms with Crippen molar-refractivity contribution in [1.82, 2.24) is 0 Å². The molecule has 0 N–H and O–H groups in total. The molecule has 1 saturated heterocycles. The second-order valence-corrected chi connectivity index (χ2v) is 2.71. The number of carboxylic acids is 2. The van der Waals surface area contributed by atoms with Crippen LogP contribution < -0.4 is 10.2 Å². The molecule has 1 aliphatic rings. The molecule has 1 fully saturated rings. The third-order valence-electron chi connectivity index (χ3n) is 1.64. The standard InChI is InChI=1S/C7H10O6/c8-5(9)3-7(4-6(10)11)12-1-2-13-7/h1-4H2,(H,8,9)(H,10,11)/p-2. The van der Waals surface area contributed by atoms with E-state index in [1.807, 2.05) is 0 Å². The van der Waals surface area contributed by atoms with Gasteiger partial charge in [0, 0.05) is 24.8 Å². The fourth-order valence-electron chi connectivity index (χ4n) is 1.20. The monoisotopic (exact) mass is 188 g/mol. The largest absolute Gasteiger partial charge is 0.550 e. The number of ether oxygens (including phenoxy) is 2. The fraction of sp³-hybridized carbons (Fsp3) is 0.714. The molecule has 0 amide bonds. The maximum absolute atomic E-state index is 10.3. The minimum atomic E-state index is -1.59. The zero-order chi connectivity index (χ0) is 9.90. The van der Waals surface area contributed by atoms with Gasteiger partial charge in [0.2, 0.25) is 0 Å². The smallest absolute Gasteiger partial charge is 0.178 e. The molecule has 6 heteroatoms. The first-order valence-corrected chi connectivity index (χ1v) is 3.72. The molecule has 0 atom stereocenters. The average Bonchev–Trinajstić information content (AvgIpc) is 2.33. The maximum Gasteiger partial charge on any atom is 0.178 e. The van der Waals surface area contributed by atoms with Crippen molar-refractivity contribution in [2.24, 2.45) is 0 Å². The molecule has 0 aliphatic carbocycles. The number of carbonyl (C=O) groups excluding carboxylic acids is 2. The molecule has 0 spiro atoms. The van der Waals surface area contributed by atoms with Crippen molar-refractivity contribution in [2.45, 2.75) is 18.6 Å². The van der Waals surface area contributed by atoms with Gasteiger partial charge in [0.15, 0.2) is 5.79 Å². The summed E-state index contributed by atoms with van der Waals surface area (Å²) in [7, 11) is 0. The number of aliphatic carboxylic acids is 2. The highest BCUT2D eigenvalue weighted by atomic mass is 16.7. The molecule has 0 unspecified atom stereocenters. The van der Waals surface area contributed by atoms with Crippen molar-refractivity contribution in [1.29, 1.82) is 0 Å². The Labute approximate surface area is 74.1 Å². The van der Waals surface area contributed by atoms with Gasteiger partial charge >= 0.3 is 0 Å². The van der Waals surface area contributed by atoms with E-state index in [-0.39, 0.29) is 13.2 Å². The van der Waals surface area contributed by atoms with E-state index in [1.54, 1.807) is 0 Å². The van der Waals surface area contributed by atoms with E-state index in [0.29, 0.717) is 0 Å². The summed E-state index contributed by atoms with van der Waals surface area (Å²) in [5, 5.41) is 20.5. The number of rotatable bonds is 4. The third-order valence-corrected chi connectivity index (χ3v) is 1.64. The minimum absolute atomic E-state index is 0.181. The van der Waals surface area contributed by atoms with E-state index in [1.165, 1.54) is 0 Å². The van der Waals surface area contributed by atoms with Gasteiger partial charge in [-0.1, -0.05) is 0 Å². The molecule has 1 rings (SSSR count). The van der Waals surface area contributed by atoms with Gasteiger partial charge < -0.3 is 29.3 Å². The van der Waals surface area contributed by atoms with Gasteiger partial charge in [-0.15, -0.1) is 0 Å². The Hall–Kier alpha value is -1.14. The number of carbonyl (C=O) groups is 2. The van der Waals surface area contributed by atoms with Crippen molar-refractivity contribution >= 4 is 11.9 Å². The lowest BCUT2D eigenvalue weighted by atomic mass is 10.1. The zero-order valence-electron chi connectivity index (χ0n) is 6.78. The predicted octanol–water partition coefficient (Wildman–Crippen LogP) is -2.99. The van der Waals surface area contributed by atoms with Crippen LogP contribution in [0.3, 0.4) is 0 Å². The van der Waals surface area contributed by atoms with Crippen molar-refractivity contribution in [3.8, 4) is 0 Å². The van der Waals surface area contributed by atoms with Gasteiger partial charge in [-0.3, -0.25) is 0 Å². The first-order chi connectivity index (χ1) is 6.04. The van der Waals surface area contributed by atoms with Gasteiger partial charge in [-0.2, -0.15) is 0 Å². The number of hydrogen-bond donors (Lipinski definition) is 0. The second-order valence-electron chi connectivity index (χ2n) is 2.71. The maximum atomic E-state index is 10.3. The second kappa shape index (κ2) is 3.71. The summed E-state index contributed by atoms with van der Waals surface area (Å²) in [6, 6.07) is 0. The summed E-state index contributed by atoms with van der Waals surface area (Å²) >= 11 is 0. The van der Waals surface area contributed by atoms with Gasteiger partial charge in [0.05, 0.1) is 13.2 Å². The van der Waals surface area contributed by atoms with E-state index in [9.17, 15) is 19.8 Å². The molecular weight excluding hydrogens is 180 g/mol. The van der Waals surface area contributed by atoms with Gasteiger partial charge in [0.25, 0.3) is 0 Å². The van der Waals surface area contributed by atoms with Crippen molar-refractivity contribution in [2.75, 3.05) is 13.2 Å². The third kappa shape index (κ3) is 2.67. The van der Waals surface area contributed by atoms with Crippen LogP contribution in [0.1, 0.15) is 12.8 Å². The van der Waals surface area contributed by atoms with E-state index in [4.69, 9.17) is 9.47 Å². The first-order valence-electron chi connectivity index (χ1n) is 3.72. The molecule has 0 bridgehead atoms. The van der Waals surface area contributed by atoms with E-state index < -0.39 is 30.6 Å². The van der Waals surface area contributed by atoms with Crippen LogP contribution in [-0.2, 0) is 19.1 Å². The molecule has 6 nitrogen and oxygen atoms in total. The van der Waals surface area contributed by atoms with Crippen LogP contribution in [0, 0.1) is 0 Å². The highest BCUT2D eigenvalue weighted by Crippen LogP contribution is 2.26. The highest BCUT2D eigenvalue weighted by molar-refractivity contribution is 5.69. The molecule has 13 heavy (non-hydrogen) atoms. The van der Waals surface area contributed by atoms with Crippen LogP contribution in [0.25, 0.3) is 0 Å². The lowest BCUT2D eigenvalue weighted by Crippen LogP contribution is -2.43. The summed E-state index contributed by atoms with van der Waals surface area (Å²) in [6.45, 7) is 0.362. The summed E-state index contributed by atoms with van der Waals surface area (Å²) in [5.74, 6) is -4.41. The Morgan fingerprint density at radius 1 is 1.08 bits per heavy atom. The molecule has 0 aromatic heterocycles. The Morgan fingerprint density at radius 2 is 1.46 bits per heavy atom. The molecule has 0 radical (unpaired) electrons. The lowest BCUT2D eigenvalue weighted by Gasteiger charge is -2.27. The van der Waals surface area contributed by atoms with Gasteiger partial charge in [0.1, 0.15) is 0 Å². The Morgan fingerprint density at radius 3 is 1.77 bits per heavy atom. The molecule has 0 saturated carbocycles. The highest BCUT2D eigenvalue weighted by Gasteiger charge is 2.36. The van der Waals surface area contributed by atoms with Crippen molar-refractivity contribution in [3.63, 3.8) is 0 Å². The van der Waals surface area contributed by atoms with Crippen LogP contribution in [0.15, 0.2) is 0 Å². The van der Waals surface area contributed by atoms with Gasteiger partial charge in [-0.25, -0.2) is 0 Å². The van der Waals surface area contributed by atoms with E-state index >= 15 is 0 Å². The van der Waals surface area contributed by atoms with Crippen molar-refractivity contribution in [3.05, 3.63) is 0 Å². The zero-order valence-corrected chi connectivity index (χ0v) is 6.78. The Kier molecular flexibility index (Phi) is 2.84. The molecule has 1 aliphatic heterocycles. The van der Waals surface area contributed by atoms with Crippen LogP contribution in [0.2, 0.25) is 0 Å². The summed E-state index contributed by atoms with van der Waals surface area (Å²) < 4.78 is 9.80. The minimum Gasteiger partial charge on any atom is -0.550 e. The molecule has 74 valence electrons. The summed E-state index contributed by atoms with van der Waals surface area (Å²) in [4.78, 5) is 20.5. The molecule has 1 heterocycles. The predicted molar refractivity (Wildman–Crippen MR) is 33.9 cm³/mol. The van der Waals surface area contributed by atoms with E-state index in [0.717, 1.165) is 0 Å². The number of hydrogen-bond acceptors (Lipinski definition) is 6. The fourth-order valence-corrected chi connectivity index (χ4v) is 1.20. The van der Waals surface area contributed by atoms with Crippen molar-refractivity contribution < 1.29 is 29.3 Å². The molecule has 0 aromatic rings.